The van der Waals surface area contributed by atoms with Gasteiger partial charge in [0, 0.05) is 7.11 Å². The molecule has 0 atom stereocenters. The van der Waals surface area contributed by atoms with Crippen LogP contribution < -0.4 is 0 Å². The minimum absolute atomic E-state index is 0.114. The molecule has 12 heavy (non-hydrogen) atoms. The molecular weight excluding hydrogens is 178 g/mol. The normalized spacial score (nSPS) is 10.5. The highest BCUT2D eigenvalue weighted by Gasteiger charge is 2.02. The molecule has 2 N–H and O–H groups in total. The van der Waals surface area contributed by atoms with E-state index in [1.807, 2.05) is 0 Å². The van der Waals surface area contributed by atoms with Crippen molar-refractivity contribution in [3.63, 3.8) is 0 Å². The maximum atomic E-state index is 8.84. The van der Waals surface area contributed by atoms with Crippen molar-refractivity contribution in [1.82, 2.24) is 14.8 Å². The van der Waals surface area contributed by atoms with Crippen molar-refractivity contribution in [3.05, 3.63) is 10.6 Å². The van der Waals surface area contributed by atoms with E-state index >= 15 is 0 Å². The third-order valence-electron chi connectivity index (χ3n) is 1.50. The van der Waals surface area contributed by atoms with Crippen molar-refractivity contribution in [2.75, 3.05) is 13.7 Å². The Bertz CT molecular complexity index is 293. The maximum Gasteiger partial charge on any atom is 0.195 e. The Kier molecular flexibility index (Phi) is 3.39. The predicted octanol–water partition coefficient (Wildman–Crippen LogP) is 0.0794. The zero-order chi connectivity index (χ0) is 8.97. The van der Waals surface area contributed by atoms with Gasteiger partial charge >= 0.3 is 0 Å². The Balaban J connectivity index is 2.79. The van der Waals surface area contributed by atoms with Crippen LogP contribution in [0.4, 0.5) is 0 Å². The summed E-state index contributed by atoms with van der Waals surface area (Å²) in [5, 5.41) is 15.3. The fourth-order valence-electron chi connectivity index (χ4n) is 0.884. The summed E-state index contributed by atoms with van der Waals surface area (Å²) in [4.78, 5) is 0. The first-order valence-electron chi connectivity index (χ1n) is 3.53. The van der Waals surface area contributed by atoms with E-state index in [0.29, 0.717) is 23.7 Å². The van der Waals surface area contributed by atoms with Crippen LogP contribution in [-0.2, 0) is 17.9 Å². The minimum atomic E-state index is -0.114. The number of ether oxygens (including phenoxy) is 1. The molecule has 5 nitrogen and oxygen atoms in total. The van der Waals surface area contributed by atoms with E-state index in [9.17, 15) is 0 Å². The van der Waals surface area contributed by atoms with Gasteiger partial charge in [0.15, 0.2) is 10.6 Å². The van der Waals surface area contributed by atoms with E-state index in [-0.39, 0.29) is 6.61 Å². The molecule has 0 spiro atoms. The van der Waals surface area contributed by atoms with Gasteiger partial charge in [-0.25, -0.2) is 0 Å². The van der Waals surface area contributed by atoms with Crippen LogP contribution >= 0.6 is 12.2 Å². The van der Waals surface area contributed by atoms with Crippen LogP contribution in [-0.4, -0.2) is 33.6 Å². The van der Waals surface area contributed by atoms with Gasteiger partial charge in [-0.15, -0.1) is 0 Å². The molecule has 0 aliphatic heterocycles. The van der Waals surface area contributed by atoms with Crippen LogP contribution in [0.5, 0.6) is 0 Å². The number of aromatic amines is 1. The van der Waals surface area contributed by atoms with Gasteiger partial charge in [0.1, 0.15) is 6.61 Å². The number of methoxy groups -OCH3 is 1. The lowest BCUT2D eigenvalue weighted by Crippen LogP contribution is -2.08. The molecule has 0 aromatic carbocycles. The van der Waals surface area contributed by atoms with E-state index < -0.39 is 0 Å². The van der Waals surface area contributed by atoms with E-state index in [2.05, 4.69) is 10.2 Å². The van der Waals surface area contributed by atoms with Crippen molar-refractivity contribution < 1.29 is 9.84 Å². The summed E-state index contributed by atoms with van der Waals surface area (Å²) in [6.07, 6.45) is 0. The number of aliphatic hydroxyl groups is 1. The summed E-state index contributed by atoms with van der Waals surface area (Å²) in [6, 6.07) is 0. The van der Waals surface area contributed by atoms with E-state index in [1.54, 1.807) is 11.7 Å². The van der Waals surface area contributed by atoms with Crippen LogP contribution in [0.15, 0.2) is 0 Å². The number of rotatable bonds is 4. The molecule has 1 heterocycles. The Morgan fingerprint density at radius 3 is 3.08 bits per heavy atom. The Morgan fingerprint density at radius 2 is 2.50 bits per heavy atom. The highest BCUT2D eigenvalue weighted by Crippen LogP contribution is 1.97. The molecule has 68 valence electrons. The first-order valence-corrected chi connectivity index (χ1v) is 3.94. The van der Waals surface area contributed by atoms with Gasteiger partial charge < -0.3 is 9.84 Å². The Hall–Kier alpha value is -0.720. The minimum Gasteiger partial charge on any atom is -0.388 e. The van der Waals surface area contributed by atoms with Crippen molar-refractivity contribution in [2.24, 2.45) is 0 Å². The molecule has 6 heteroatoms. The van der Waals surface area contributed by atoms with Crippen LogP contribution in [0.1, 0.15) is 5.82 Å². The van der Waals surface area contributed by atoms with Gasteiger partial charge in [-0.2, -0.15) is 5.10 Å². The third kappa shape index (κ3) is 1.90. The summed E-state index contributed by atoms with van der Waals surface area (Å²) in [5.74, 6) is 0.539. The second kappa shape index (κ2) is 4.34. The fourth-order valence-corrected chi connectivity index (χ4v) is 1.13. The van der Waals surface area contributed by atoms with E-state index in [4.69, 9.17) is 22.1 Å². The van der Waals surface area contributed by atoms with Crippen molar-refractivity contribution in [3.8, 4) is 0 Å². The quantitative estimate of drug-likeness (QED) is 0.658. The zero-order valence-corrected chi connectivity index (χ0v) is 7.60. The number of nitrogens with zero attached hydrogens (tertiary/aromatic N) is 2. The second-order valence-electron chi connectivity index (χ2n) is 2.25. The van der Waals surface area contributed by atoms with Gasteiger partial charge in [-0.3, -0.25) is 9.67 Å². The average molecular weight is 189 g/mol. The Morgan fingerprint density at radius 1 is 1.75 bits per heavy atom. The standard InChI is InChI=1S/C6H11N3O2S/c1-11-3-2-9-5(4-10)7-8-6(9)12/h10H,2-4H2,1H3,(H,8,12). The largest absolute Gasteiger partial charge is 0.388 e. The van der Waals surface area contributed by atoms with Gasteiger partial charge in [0.05, 0.1) is 13.2 Å². The topological polar surface area (TPSA) is 63.1 Å². The summed E-state index contributed by atoms with van der Waals surface area (Å²) in [5.41, 5.74) is 0. The van der Waals surface area contributed by atoms with Crippen molar-refractivity contribution >= 4 is 12.2 Å². The first kappa shape index (κ1) is 9.37. The van der Waals surface area contributed by atoms with Crippen LogP contribution in [0, 0.1) is 4.77 Å². The average Bonchev–Trinajstić information content (AvgIpc) is 2.43. The highest BCUT2D eigenvalue weighted by molar-refractivity contribution is 7.71. The van der Waals surface area contributed by atoms with E-state index in [0.717, 1.165) is 0 Å². The second-order valence-corrected chi connectivity index (χ2v) is 2.63. The summed E-state index contributed by atoms with van der Waals surface area (Å²) in [6.45, 7) is 1.05. The molecule has 0 amide bonds. The van der Waals surface area contributed by atoms with Crippen LogP contribution in [0.25, 0.3) is 0 Å². The smallest absolute Gasteiger partial charge is 0.195 e. The molecule has 0 fully saturated rings. The molecular formula is C6H11N3O2S. The lowest BCUT2D eigenvalue weighted by atomic mass is 10.6. The maximum absolute atomic E-state index is 8.84. The summed E-state index contributed by atoms with van der Waals surface area (Å²) < 4.78 is 7.10. The molecule has 0 aliphatic rings. The monoisotopic (exact) mass is 189 g/mol. The predicted molar refractivity (Wildman–Crippen MR) is 45.2 cm³/mol. The molecule has 1 aromatic heterocycles. The molecule has 0 saturated heterocycles. The van der Waals surface area contributed by atoms with Gasteiger partial charge in [-0.05, 0) is 12.2 Å². The lowest BCUT2D eigenvalue weighted by Gasteiger charge is -2.02. The molecule has 0 unspecified atom stereocenters. The number of aromatic nitrogens is 3. The number of hydrogen-bond acceptors (Lipinski definition) is 4. The molecule has 1 rings (SSSR count). The molecule has 0 radical (unpaired) electrons. The van der Waals surface area contributed by atoms with Crippen LogP contribution in [0.3, 0.4) is 0 Å². The van der Waals surface area contributed by atoms with Crippen LogP contribution in [0.2, 0.25) is 0 Å². The van der Waals surface area contributed by atoms with Gasteiger partial charge in [0.2, 0.25) is 0 Å². The number of aliphatic hydroxyl groups excluding tert-OH is 1. The highest BCUT2D eigenvalue weighted by atomic mass is 32.1. The van der Waals surface area contributed by atoms with Gasteiger partial charge in [-0.1, -0.05) is 0 Å². The van der Waals surface area contributed by atoms with Crippen molar-refractivity contribution in [2.45, 2.75) is 13.2 Å². The van der Waals surface area contributed by atoms with Gasteiger partial charge in [0.25, 0.3) is 0 Å². The number of H-pyrrole nitrogens is 1. The number of hydrogen-bond donors (Lipinski definition) is 2. The molecule has 1 aromatic rings. The SMILES string of the molecule is COCCn1c(CO)n[nH]c1=S. The summed E-state index contributed by atoms with van der Waals surface area (Å²) >= 11 is 4.93. The molecule has 0 bridgehead atoms. The Labute approximate surface area is 75.0 Å². The van der Waals surface area contributed by atoms with E-state index in [1.165, 1.54) is 0 Å². The molecule has 0 aliphatic carbocycles. The van der Waals surface area contributed by atoms with Crippen molar-refractivity contribution in [1.29, 1.82) is 0 Å². The summed E-state index contributed by atoms with van der Waals surface area (Å²) in [7, 11) is 1.61. The third-order valence-corrected chi connectivity index (χ3v) is 1.81. The lowest BCUT2D eigenvalue weighted by molar-refractivity contribution is 0.182. The molecule has 0 saturated carbocycles. The first-order chi connectivity index (χ1) is 5.79. The zero-order valence-electron chi connectivity index (χ0n) is 6.78. The fraction of sp³-hybridized carbons (Fsp3) is 0.667. The number of nitrogens with one attached hydrogen (secondary N) is 1.